The minimum atomic E-state index is 0.281. The quantitative estimate of drug-likeness (QED) is 0.916. The molecule has 2 rings (SSSR count). The molecule has 1 aromatic rings. The third-order valence-electron chi connectivity index (χ3n) is 4.66. The number of anilines is 1. The van der Waals surface area contributed by atoms with Crippen molar-refractivity contribution in [1.82, 2.24) is 4.90 Å². The van der Waals surface area contributed by atoms with Crippen LogP contribution in [0.2, 0.25) is 0 Å². The number of piperazine rings is 1. The van der Waals surface area contributed by atoms with Crippen LogP contribution in [-0.2, 0) is 6.42 Å². The lowest BCUT2D eigenvalue weighted by Crippen LogP contribution is -2.50. The molecule has 2 N–H and O–H groups in total. The Labute approximate surface area is 123 Å². The molecular formula is C17H29N3. The highest BCUT2D eigenvalue weighted by Gasteiger charge is 2.21. The molecule has 0 spiro atoms. The summed E-state index contributed by atoms with van der Waals surface area (Å²) in [6.07, 6.45) is 2.03. The van der Waals surface area contributed by atoms with Crippen molar-refractivity contribution >= 4 is 5.69 Å². The SMILES string of the molecule is CCC(N)Cc1ccc(N2CCN(C)C(C)C2)cc1C. The maximum atomic E-state index is 6.07. The van der Waals surface area contributed by atoms with E-state index in [1.165, 1.54) is 16.8 Å². The molecule has 1 heterocycles. The van der Waals surface area contributed by atoms with Crippen LogP contribution in [0, 0.1) is 6.92 Å². The van der Waals surface area contributed by atoms with Crippen molar-refractivity contribution in [2.24, 2.45) is 5.73 Å². The van der Waals surface area contributed by atoms with E-state index in [0.29, 0.717) is 6.04 Å². The van der Waals surface area contributed by atoms with Crippen molar-refractivity contribution in [2.45, 2.75) is 45.7 Å². The van der Waals surface area contributed by atoms with Gasteiger partial charge in [0.25, 0.3) is 0 Å². The third kappa shape index (κ3) is 3.53. The maximum Gasteiger partial charge on any atom is 0.0370 e. The molecule has 1 aliphatic heterocycles. The largest absolute Gasteiger partial charge is 0.369 e. The summed E-state index contributed by atoms with van der Waals surface area (Å²) in [5.74, 6) is 0. The van der Waals surface area contributed by atoms with E-state index in [9.17, 15) is 0 Å². The molecular weight excluding hydrogens is 246 g/mol. The second kappa shape index (κ2) is 6.59. The number of likely N-dealkylation sites (N-methyl/N-ethyl adjacent to an activating group) is 1. The number of rotatable bonds is 4. The van der Waals surface area contributed by atoms with E-state index in [-0.39, 0.29) is 6.04 Å². The standard InChI is InChI=1S/C17H29N3/c1-5-16(18)11-15-6-7-17(10-13(15)2)20-9-8-19(4)14(3)12-20/h6-7,10,14,16H,5,8-9,11-12,18H2,1-4H3. The van der Waals surface area contributed by atoms with Gasteiger partial charge in [-0.2, -0.15) is 0 Å². The maximum absolute atomic E-state index is 6.07. The number of nitrogens with zero attached hydrogens (tertiary/aromatic N) is 2. The van der Waals surface area contributed by atoms with Gasteiger partial charge in [-0.05, 0) is 57.0 Å². The number of hydrogen-bond donors (Lipinski definition) is 1. The van der Waals surface area contributed by atoms with Gasteiger partial charge in [0.2, 0.25) is 0 Å². The Kier molecular flexibility index (Phi) is 5.06. The van der Waals surface area contributed by atoms with Crippen LogP contribution in [0.1, 0.15) is 31.4 Å². The molecule has 2 unspecified atom stereocenters. The van der Waals surface area contributed by atoms with Crippen LogP contribution in [0.5, 0.6) is 0 Å². The molecule has 2 atom stereocenters. The minimum absolute atomic E-state index is 0.281. The topological polar surface area (TPSA) is 32.5 Å². The molecule has 0 aromatic heterocycles. The molecule has 3 heteroatoms. The van der Waals surface area contributed by atoms with Gasteiger partial charge in [-0.3, -0.25) is 0 Å². The van der Waals surface area contributed by atoms with E-state index in [1.54, 1.807) is 0 Å². The molecule has 3 nitrogen and oxygen atoms in total. The summed E-state index contributed by atoms with van der Waals surface area (Å²) in [5.41, 5.74) is 10.2. The molecule has 0 radical (unpaired) electrons. The lowest BCUT2D eigenvalue weighted by atomic mass is 9.99. The van der Waals surface area contributed by atoms with E-state index < -0.39 is 0 Å². The molecule has 0 amide bonds. The van der Waals surface area contributed by atoms with Crippen molar-refractivity contribution in [3.63, 3.8) is 0 Å². The fourth-order valence-electron chi connectivity index (χ4n) is 2.82. The van der Waals surface area contributed by atoms with Crippen LogP contribution in [0.3, 0.4) is 0 Å². The zero-order valence-corrected chi connectivity index (χ0v) is 13.4. The first kappa shape index (κ1) is 15.3. The first-order valence-electron chi connectivity index (χ1n) is 7.81. The zero-order chi connectivity index (χ0) is 14.7. The fraction of sp³-hybridized carbons (Fsp3) is 0.647. The zero-order valence-electron chi connectivity index (χ0n) is 13.4. The predicted octanol–water partition coefficient (Wildman–Crippen LogP) is 2.42. The highest BCUT2D eigenvalue weighted by atomic mass is 15.3. The smallest absolute Gasteiger partial charge is 0.0370 e. The molecule has 0 bridgehead atoms. The highest BCUT2D eigenvalue weighted by Crippen LogP contribution is 2.22. The van der Waals surface area contributed by atoms with Gasteiger partial charge in [-0.1, -0.05) is 13.0 Å². The molecule has 112 valence electrons. The van der Waals surface area contributed by atoms with E-state index in [2.05, 4.69) is 55.8 Å². The van der Waals surface area contributed by atoms with Crippen LogP contribution in [-0.4, -0.2) is 43.7 Å². The highest BCUT2D eigenvalue weighted by molar-refractivity contribution is 5.51. The van der Waals surface area contributed by atoms with Gasteiger partial charge in [-0.15, -0.1) is 0 Å². The van der Waals surface area contributed by atoms with Crippen LogP contribution < -0.4 is 10.6 Å². The number of benzene rings is 1. The molecule has 0 saturated carbocycles. The van der Waals surface area contributed by atoms with E-state index in [1.807, 2.05) is 0 Å². The van der Waals surface area contributed by atoms with Crippen LogP contribution in [0.25, 0.3) is 0 Å². The van der Waals surface area contributed by atoms with Gasteiger partial charge in [0, 0.05) is 37.4 Å². The predicted molar refractivity (Wildman–Crippen MR) is 87.5 cm³/mol. The van der Waals surface area contributed by atoms with E-state index in [0.717, 1.165) is 32.5 Å². The average Bonchev–Trinajstić information content (AvgIpc) is 2.44. The first-order valence-corrected chi connectivity index (χ1v) is 7.81. The summed E-state index contributed by atoms with van der Waals surface area (Å²) >= 11 is 0. The van der Waals surface area contributed by atoms with E-state index in [4.69, 9.17) is 5.73 Å². The number of aryl methyl sites for hydroxylation is 1. The molecule has 20 heavy (non-hydrogen) atoms. The minimum Gasteiger partial charge on any atom is -0.369 e. The van der Waals surface area contributed by atoms with Crippen LogP contribution in [0.4, 0.5) is 5.69 Å². The Balaban J connectivity index is 2.09. The molecule has 1 aromatic carbocycles. The Hall–Kier alpha value is -1.06. The van der Waals surface area contributed by atoms with Crippen LogP contribution >= 0.6 is 0 Å². The summed E-state index contributed by atoms with van der Waals surface area (Å²) < 4.78 is 0. The Morgan fingerprint density at radius 1 is 1.35 bits per heavy atom. The van der Waals surface area contributed by atoms with Gasteiger partial charge < -0.3 is 15.5 Å². The van der Waals surface area contributed by atoms with Crippen LogP contribution in [0.15, 0.2) is 18.2 Å². The summed E-state index contributed by atoms with van der Waals surface area (Å²) in [7, 11) is 2.21. The number of nitrogens with two attached hydrogens (primary N) is 1. The Morgan fingerprint density at radius 3 is 2.70 bits per heavy atom. The average molecular weight is 275 g/mol. The van der Waals surface area contributed by atoms with Gasteiger partial charge >= 0.3 is 0 Å². The summed E-state index contributed by atoms with van der Waals surface area (Å²) in [4.78, 5) is 4.93. The van der Waals surface area contributed by atoms with Crippen molar-refractivity contribution in [2.75, 3.05) is 31.6 Å². The second-order valence-electron chi connectivity index (χ2n) is 6.26. The van der Waals surface area contributed by atoms with E-state index >= 15 is 0 Å². The van der Waals surface area contributed by atoms with Gasteiger partial charge in [0.15, 0.2) is 0 Å². The first-order chi connectivity index (χ1) is 9.51. The second-order valence-corrected chi connectivity index (χ2v) is 6.26. The fourth-order valence-corrected chi connectivity index (χ4v) is 2.82. The monoisotopic (exact) mass is 275 g/mol. The summed E-state index contributed by atoms with van der Waals surface area (Å²) in [5, 5.41) is 0. The summed E-state index contributed by atoms with van der Waals surface area (Å²) in [6, 6.07) is 7.77. The van der Waals surface area contributed by atoms with Gasteiger partial charge in [-0.25, -0.2) is 0 Å². The molecule has 1 aliphatic rings. The lowest BCUT2D eigenvalue weighted by Gasteiger charge is -2.39. The Morgan fingerprint density at radius 2 is 2.10 bits per heavy atom. The third-order valence-corrected chi connectivity index (χ3v) is 4.66. The van der Waals surface area contributed by atoms with Gasteiger partial charge in [0.1, 0.15) is 0 Å². The molecule has 1 saturated heterocycles. The summed E-state index contributed by atoms with van der Waals surface area (Å²) in [6.45, 7) is 10.0. The molecule has 0 aliphatic carbocycles. The van der Waals surface area contributed by atoms with Crippen molar-refractivity contribution < 1.29 is 0 Å². The van der Waals surface area contributed by atoms with Crippen molar-refractivity contribution in [3.8, 4) is 0 Å². The van der Waals surface area contributed by atoms with Gasteiger partial charge in [0.05, 0.1) is 0 Å². The number of hydrogen-bond acceptors (Lipinski definition) is 3. The van der Waals surface area contributed by atoms with Crippen molar-refractivity contribution in [3.05, 3.63) is 29.3 Å². The Bertz CT molecular complexity index is 444. The normalized spacial score (nSPS) is 22.1. The van der Waals surface area contributed by atoms with Crippen molar-refractivity contribution in [1.29, 1.82) is 0 Å². The molecule has 1 fully saturated rings. The lowest BCUT2D eigenvalue weighted by molar-refractivity contribution is 0.234.